The minimum Gasteiger partial charge on any atom is -0.412 e. The van der Waals surface area contributed by atoms with E-state index in [1.165, 1.54) is 22.3 Å². The van der Waals surface area contributed by atoms with E-state index >= 15 is 0 Å². The molecule has 0 bridgehead atoms. The summed E-state index contributed by atoms with van der Waals surface area (Å²) in [6, 6.07) is 59.7. The van der Waals surface area contributed by atoms with Crippen molar-refractivity contribution in [2.75, 3.05) is 17.3 Å². The molecule has 1 unspecified atom stereocenters. The Morgan fingerprint density at radius 3 is 0.941 bits per heavy atom. The summed E-state index contributed by atoms with van der Waals surface area (Å²) < 4.78 is 21.5. The van der Waals surface area contributed by atoms with E-state index < -0.39 is 25.9 Å². The number of benzene rings is 6. The zero-order chi connectivity index (χ0) is 47.5. The van der Waals surface area contributed by atoms with E-state index in [1.807, 2.05) is 133 Å². The number of thioether (sulfide) groups is 2. The van der Waals surface area contributed by atoms with E-state index in [9.17, 15) is 18.6 Å². The van der Waals surface area contributed by atoms with Crippen molar-refractivity contribution in [2.45, 2.75) is 15.7 Å². The molecule has 0 aromatic heterocycles. The van der Waals surface area contributed by atoms with E-state index in [-0.39, 0.29) is 73.7 Å². The van der Waals surface area contributed by atoms with Gasteiger partial charge in [-0.3, -0.25) is 18.6 Å². The number of amides is 2. The molecular weight excluding hydrogens is 1690 g/mol. The number of rotatable bonds is 15. The SMILES string of the molecule is I.II.I[I-]I.N.NC(=O)CS(=O)C(c1ccccc1)c1ccccc1.NC(=O)CSC(c1ccccc1)c1ccccc1.O.O.O=C(Cl)CSC(c1ccccc1)c1ccccc1.O=S(Cl)Cl. The Bertz CT molecular complexity index is 2000. The van der Waals surface area contributed by atoms with Crippen LogP contribution in [0.3, 0.4) is 0 Å². The van der Waals surface area contributed by atoms with Crippen LogP contribution in [-0.2, 0) is 34.4 Å². The van der Waals surface area contributed by atoms with Gasteiger partial charge in [0.25, 0.3) is 0 Å². The summed E-state index contributed by atoms with van der Waals surface area (Å²) in [6.45, 7) is 0. The first-order chi connectivity index (χ1) is 30.9. The number of hydrogen-bond donors (Lipinski definition) is 3. The van der Waals surface area contributed by atoms with Gasteiger partial charge in [0, 0.05) is 69.4 Å². The van der Waals surface area contributed by atoms with Crippen molar-refractivity contribution in [3.8, 4) is 0 Å². The van der Waals surface area contributed by atoms with Gasteiger partial charge in [-0.05, 0) is 45.0 Å². The number of carbonyl (C=O) groups is 3. The maximum Gasteiger partial charge on any atom is 0.231 e. The third-order valence-corrected chi connectivity index (χ3v) is 12.5. The van der Waals surface area contributed by atoms with Gasteiger partial charge in [0.2, 0.25) is 26.3 Å². The average Bonchev–Trinajstić information content (AvgIpc) is 3.30. The van der Waals surface area contributed by atoms with Crippen molar-refractivity contribution in [1.29, 1.82) is 0 Å². The van der Waals surface area contributed by atoms with Crippen molar-refractivity contribution in [2.24, 2.45) is 11.5 Å². The van der Waals surface area contributed by atoms with Crippen LogP contribution >= 0.6 is 155 Å². The van der Waals surface area contributed by atoms with Gasteiger partial charge in [-0.25, -0.2) is 4.21 Å². The predicted molar refractivity (Wildman–Crippen MR) is 335 cm³/mol. The van der Waals surface area contributed by atoms with Gasteiger partial charge in [-0.2, -0.15) is 0 Å². The molecule has 0 saturated heterocycles. The molecule has 0 saturated carbocycles. The van der Waals surface area contributed by atoms with Gasteiger partial charge in [0.15, 0.2) is 0 Å². The fraction of sp³-hybridized carbons (Fsp3) is 0.133. The third-order valence-electron chi connectivity index (χ3n) is 7.92. The smallest absolute Gasteiger partial charge is 0.231 e. The molecule has 23 heteroatoms. The molecule has 0 spiro atoms. The third kappa shape index (κ3) is 34.5. The molecule has 1 atom stereocenters. The largest absolute Gasteiger partial charge is 0.412 e. The summed E-state index contributed by atoms with van der Waals surface area (Å²) in [5, 5.41) is -0.332. The van der Waals surface area contributed by atoms with Gasteiger partial charge < -0.3 is 28.6 Å². The Morgan fingerprint density at radius 2 is 0.735 bits per heavy atom. The van der Waals surface area contributed by atoms with Crippen LogP contribution < -0.4 is 30.9 Å². The summed E-state index contributed by atoms with van der Waals surface area (Å²) in [5.41, 5.74) is 17.0. The average molecular weight is 1740 g/mol. The van der Waals surface area contributed by atoms with Crippen LogP contribution in [0.1, 0.15) is 49.1 Å². The first kappa shape index (κ1) is 74.6. The van der Waals surface area contributed by atoms with Gasteiger partial charge in [0.1, 0.15) is 5.75 Å². The molecule has 2 amide bonds. The fourth-order valence-corrected chi connectivity index (χ4v) is 9.16. The molecule has 0 aliphatic heterocycles. The Morgan fingerprint density at radius 1 is 0.515 bits per heavy atom. The van der Waals surface area contributed by atoms with Crippen LogP contribution in [0.25, 0.3) is 0 Å². The minimum absolute atomic E-state index is 0. The molecule has 0 fully saturated rings. The molecule has 376 valence electrons. The van der Waals surface area contributed by atoms with Crippen LogP contribution in [0.4, 0.5) is 0 Å². The summed E-state index contributed by atoms with van der Waals surface area (Å²) in [7, 11) is 5.99. The second kappa shape index (κ2) is 48.0. The van der Waals surface area contributed by atoms with E-state index in [2.05, 4.69) is 144 Å². The van der Waals surface area contributed by atoms with Gasteiger partial charge in [-0.15, -0.1) is 47.5 Å². The molecule has 10 nitrogen and oxygen atoms in total. The van der Waals surface area contributed by atoms with E-state index in [1.54, 1.807) is 23.5 Å². The van der Waals surface area contributed by atoms with Gasteiger partial charge in [0.05, 0.1) is 27.3 Å². The van der Waals surface area contributed by atoms with E-state index in [0.717, 1.165) is 11.1 Å². The maximum atomic E-state index is 12.4. The topological polar surface area (TPSA) is 235 Å². The number of carbonyl (C=O) groups excluding carboxylic acids is 3. The molecular formula is C45H51Cl3I6N3O7S4-. The Kier molecular flexibility index (Phi) is 52.7. The van der Waals surface area contributed by atoms with Crippen LogP contribution in [0.15, 0.2) is 182 Å². The number of nitrogens with two attached hydrogens (primary N) is 2. The van der Waals surface area contributed by atoms with E-state index in [4.69, 9.17) is 27.3 Å². The van der Waals surface area contributed by atoms with Crippen molar-refractivity contribution < 1.29 is 47.0 Å². The standard InChI is InChI=1S/C15H13ClOS.C15H15NO2S.C15H15NOS.Cl2OS.I3.I2.HI.H3N.2H2O/c16-14(17)11-18-15(12-7-3-1-4-8-12)13-9-5-2-6-10-13;16-14(17)11-19(18)15(12-7-3-1-4-8-12)13-9-5-2-6-10-13;16-14(17)11-18-15(12-7-3-1-4-8-12)13-9-5-2-6-10-13;1-4(2)3;1-3-2;1-2;;;;/h1-10,15H,11H2;1-10,15H,11H2,(H2,16,17);1-10,15H,11H2,(H2,16,17);;;;1H;1H3;2*1H2/q;;;;-1;;;;;. The molecule has 6 aromatic rings. The van der Waals surface area contributed by atoms with Crippen molar-refractivity contribution in [1.82, 2.24) is 6.15 Å². The summed E-state index contributed by atoms with van der Waals surface area (Å²) >= 11 is 18.1. The zero-order valence-corrected chi connectivity index (χ0v) is 54.3. The van der Waals surface area contributed by atoms with Gasteiger partial charge >= 0.3 is 50.5 Å². The molecule has 0 aliphatic carbocycles. The molecule has 6 rings (SSSR count). The summed E-state index contributed by atoms with van der Waals surface area (Å²) in [4.78, 5) is 32.9. The second-order valence-electron chi connectivity index (χ2n) is 12.3. The minimum atomic E-state index is -1.67. The molecule has 0 heterocycles. The number of halogens is 9. The molecule has 6 aromatic carbocycles. The summed E-state index contributed by atoms with van der Waals surface area (Å²) in [5.74, 6) is -0.314. The molecule has 0 aliphatic rings. The quantitative estimate of drug-likeness (QED) is 0.0659. The van der Waals surface area contributed by atoms with E-state index in [0.29, 0.717) is 24.8 Å². The first-order valence-corrected chi connectivity index (χ1v) is 43.8. The zero-order valence-electron chi connectivity index (χ0n) is 35.6. The second-order valence-corrected chi connectivity index (χ2v) is 35.2. The normalized spacial score (nSPS) is 9.93. The fourth-order valence-electron chi connectivity index (χ4n) is 5.57. The van der Waals surface area contributed by atoms with Crippen LogP contribution in [0.5, 0.6) is 0 Å². The van der Waals surface area contributed by atoms with Crippen molar-refractivity contribution in [3.05, 3.63) is 215 Å². The molecule has 68 heavy (non-hydrogen) atoms. The number of primary amides is 2. The Labute approximate surface area is 497 Å². The van der Waals surface area contributed by atoms with Crippen LogP contribution in [0, 0.1) is 0 Å². The van der Waals surface area contributed by atoms with Crippen LogP contribution in [0.2, 0.25) is 0 Å². The van der Waals surface area contributed by atoms with Gasteiger partial charge in [-0.1, -0.05) is 182 Å². The molecule has 11 N–H and O–H groups in total. The first-order valence-electron chi connectivity index (χ1n) is 18.3. The summed E-state index contributed by atoms with van der Waals surface area (Å²) in [6.07, 6.45) is 0. The maximum absolute atomic E-state index is 12.4. The van der Waals surface area contributed by atoms with Crippen molar-refractivity contribution in [3.63, 3.8) is 0 Å². The predicted octanol–water partition coefficient (Wildman–Crippen LogP) is 10.00. The van der Waals surface area contributed by atoms with Crippen LogP contribution in [-0.4, -0.2) is 53.7 Å². The molecule has 0 radical (unpaired) electrons. The number of hydrogen-bond acceptors (Lipinski definition) is 8. The Hall–Kier alpha value is 0.0600. The van der Waals surface area contributed by atoms with Crippen molar-refractivity contribution >= 4 is 192 Å². The Balaban J connectivity index is -0.000000404. The monoisotopic (exact) mass is 1740 g/mol.